The lowest BCUT2D eigenvalue weighted by Gasteiger charge is -2.21. The van der Waals surface area contributed by atoms with Crippen LogP contribution in [0, 0.1) is 0 Å². The molecule has 2 heterocycles. The van der Waals surface area contributed by atoms with Crippen LogP contribution in [-0.4, -0.2) is 45.8 Å². The maximum absolute atomic E-state index is 12.4. The number of hydrogen-bond donors (Lipinski definition) is 1. The summed E-state index contributed by atoms with van der Waals surface area (Å²) in [5, 5.41) is 8.92. The number of thiocarbonyl (C=S) groups is 1. The number of thioether (sulfide) groups is 1. The zero-order chi connectivity index (χ0) is 17.7. The number of aliphatic carboxylic acids is 1. The molecule has 2 aliphatic heterocycles. The van der Waals surface area contributed by atoms with E-state index in [0.29, 0.717) is 21.2 Å². The van der Waals surface area contributed by atoms with Crippen molar-refractivity contribution in [1.82, 2.24) is 4.90 Å². The summed E-state index contributed by atoms with van der Waals surface area (Å²) >= 11 is 6.31. The van der Waals surface area contributed by atoms with Crippen molar-refractivity contribution in [1.29, 1.82) is 0 Å². The van der Waals surface area contributed by atoms with Gasteiger partial charge in [0, 0.05) is 24.7 Å². The van der Waals surface area contributed by atoms with E-state index < -0.39 is 5.97 Å². The second kappa shape index (κ2) is 6.14. The van der Waals surface area contributed by atoms with Crippen molar-refractivity contribution in [3.8, 4) is 0 Å². The lowest BCUT2D eigenvalue weighted by atomic mass is 9.96. The Bertz CT molecular complexity index is 821. The quantitative estimate of drug-likeness (QED) is 0.648. The first kappa shape index (κ1) is 16.6. The standard InChI is InChI=1S/C18H18N2O3S2/c1-19-13-4-2-3-11(13)12-7-10(5-6-14(12)19)8-15-17(23)20(9-16(21)22)18(24)25-15/h5-8,11,13H,2-4,9H2,1H3,(H,21,22)/b15-8-. The summed E-state index contributed by atoms with van der Waals surface area (Å²) < 4.78 is 0.301. The van der Waals surface area contributed by atoms with E-state index in [4.69, 9.17) is 17.3 Å². The third-order valence-corrected chi connectivity index (χ3v) is 6.65. The molecule has 2 unspecified atom stereocenters. The second-order valence-electron chi connectivity index (χ2n) is 6.70. The van der Waals surface area contributed by atoms with E-state index in [0.717, 1.165) is 10.5 Å². The van der Waals surface area contributed by atoms with Crippen molar-refractivity contribution in [2.45, 2.75) is 31.2 Å². The predicted molar refractivity (Wildman–Crippen MR) is 103 cm³/mol. The first-order valence-electron chi connectivity index (χ1n) is 8.29. The number of carbonyl (C=O) groups is 2. The zero-order valence-electron chi connectivity index (χ0n) is 13.8. The van der Waals surface area contributed by atoms with Gasteiger partial charge in [-0.15, -0.1) is 0 Å². The van der Waals surface area contributed by atoms with Crippen LogP contribution in [0.15, 0.2) is 23.1 Å². The Balaban J connectivity index is 1.63. The third kappa shape index (κ3) is 2.75. The van der Waals surface area contributed by atoms with Crippen molar-refractivity contribution in [2.24, 2.45) is 0 Å². The summed E-state index contributed by atoms with van der Waals surface area (Å²) in [6, 6.07) is 6.91. The van der Waals surface area contributed by atoms with E-state index in [1.54, 1.807) is 0 Å². The molecule has 2 fully saturated rings. The summed E-state index contributed by atoms with van der Waals surface area (Å²) in [5.41, 5.74) is 3.61. The molecule has 5 nitrogen and oxygen atoms in total. The van der Waals surface area contributed by atoms with Crippen molar-refractivity contribution >= 4 is 51.9 Å². The number of benzene rings is 1. The van der Waals surface area contributed by atoms with Crippen LogP contribution in [0.2, 0.25) is 0 Å². The van der Waals surface area contributed by atoms with E-state index in [2.05, 4.69) is 24.1 Å². The van der Waals surface area contributed by atoms with Crippen LogP contribution in [0.25, 0.3) is 6.08 Å². The molecule has 0 aromatic heterocycles. The van der Waals surface area contributed by atoms with E-state index in [9.17, 15) is 9.59 Å². The van der Waals surface area contributed by atoms with Gasteiger partial charge in [-0.05, 0) is 42.2 Å². The molecule has 0 radical (unpaired) electrons. The fourth-order valence-corrected chi connectivity index (χ4v) is 5.40. The fourth-order valence-electron chi connectivity index (χ4n) is 4.15. The monoisotopic (exact) mass is 374 g/mol. The average molecular weight is 374 g/mol. The molecule has 7 heteroatoms. The lowest BCUT2D eigenvalue weighted by Crippen LogP contribution is -2.33. The number of rotatable bonds is 3. The Morgan fingerprint density at radius 2 is 2.24 bits per heavy atom. The number of fused-ring (bicyclic) bond motifs is 3. The van der Waals surface area contributed by atoms with Crippen molar-refractivity contribution in [2.75, 3.05) is 18.5 Å². The fraction of sp³-hybridized carbons (Fsp3) is 0.389. The van der Waals surface area contributed by atoms with Gasteiger partial charge in [0.2, 0.25) is 0 Å². The summed E-state index contributed by atoms with van der Waals surface area (Å²) in [5.74, 6) is -0.811. The van der Waals surface area contributed by atoms with Gasteiger partial charge in [0.15, 0.2) is 0 Å². The van der Waals surface area contributed by atoms with E-state index in [-0.39, 0.29) is 12.5 Å². The number of hydrogen-bond acceptors (Lipinski definition) is 5. The molecule has 1 aliphatic carbocycles. The Morgan fingerprint density at radius 3 is 3.00 bits per heavy atom. The average Bonchev–Trinajstić information content (AvgIpc) is 3.21. The van der Waals surface area contributed by atoms with Gasteiger partial charge in [0.05, 0.1) is 4.91 Å². The van der Waals surface area contributed by atoms with Crippen LogP contribution in [0.1, 0.15) is 36.3 Å². The normalized spacial score (nSPS) is 26.5. The molecule has 1 N–H and O–H groups in total. The Labute approximate surface area is 155 Å². The molecule has 1 saturated heterocycles. The molecule has 25 heavy (non-hydrogen) atoms. The van der Waals surface area contributed by atoms with Gasteiger partial charge in [0.25, 0.3) is 5.91 Å². The van der Waals surface area contributed by atoms with Crippen molar-refractivity contribution in [3.05, 3.63) is 34.2 Å². The van der Waals surface area contributed by atoms with Crippen LogP contribution in [-0.2, 0) is 9.59 Å². The minimum atomic E-state index is -1.06. The SMILES string of the molecule is CN1c2ccc(/C=C3\SC(=S)N(CC(=O)O)C3=O)cc2C2CCCC21. The minimum Gasteiger partial charge on any atom is -0.480 e. The zero-order valence-corrected chi connectivity index (χ0v) is 15.4. The van der Waals surface area contributed by atoms with Crippen LogP contribution in [0.4, 0.5) is 5.69 Å². The van der Waals surface area contributed by atoms with Crippen molar-refractivity contribution in [3.63, 3.8) is 0 Å². The second-order valence-corrected chi connectivity index (χ2v) is 8.37. The highest BCUT2D eigenvalue weighted by Gasteiger charge is 2.39. The van der Waals surface area contributed by atoms with E-state index in [1.165, 1.54) is 42.3 Å². The first-order chi connectivity index (χ1) is 12.0. The van der Waals surface area contributed by atoms with Gasteiger partial charge in [-0.2, -0.15) is 0 Å². The van der Waals surface area contributed by atoms with Gasteiger partial charge >= 0.3 is 5.97 Å². The van der Waals surface area contributed by atoms with E-state index in [1.807, 2.05) is 12.1 Å². The molecule has 130 valence electrons. The molecule has 1 amide bonds. The maximum atomic E-state index is 12.4. The van der Waals surface area contributed by atoms with Crippen LogP contribution in [0.3, 0.4) is 0 Å². The summed E-state index contributed by atoms with van der Waals surface area (Å²) in [4.78, 5) is 27.3. The van der Waals surface area contributed by atoms with Gasteiger partial charge < -0.3 is 10.0 Å². The molecule has 0 bridgehead atoms. The molecule has 4 rings (SSSR count). The topological polar surface area (TPSA) is 60.9 Å². The summed E-state index contributed by atoms with van der Waals surface area (Å²) in [7, 11) is 2.16. The summed E-state index contributed by atoms with van der Waals surface area (Å²) in [6.07, 6.45) is 5.53. The maximum Gasteiger partial charge on any atom is 0.323 e. The highest BCUT2D eigenvalue weighted by Crippen LogP contribution is 2.48. The minimum absolute atomic E-state index is 0.301. The highest BCUT2D eigenvalue weighted by atomic mass is 32.2. The Hall–Kier alpha value is -1.86. The molecule has 3 aliphatic rings. The van der Waals surface area contributed by atoms with Gasteiger partial charge in [-0.1, -0.05) is 36.5 Å². The van der Waals surface area contributed by atoms with Gasteiger partial charge in [0.1, 0.15) is 10.9 Å². The summed E-state index contributed by atoms with van der Waals surface area (Å²) in [6.45, 7) is -0.388. The molecule has 1 aromatic rings. The Morgan fingerprint density at radius 1 is 1.44 bits per heavy atom. The van der Waals surface area contributed by atoms with E-state index >= 15 is 0 Å². The number of carboxylic acid groups (broad SMARTS) is 1. The van der Waals surface area contributed by atoms with Crippen molar-refractivity contribution < 1.29 is 14.7 Å². The first-order valence-corrected chi connectivity index (χ1v) is 9.52. The highest BCUT2D eigenvalue weighted by molar-refractivity contribution is 8.26. The largest absolute Gasteiger partial charge is 0.480 e. The molecular formula is C18H18N2O3S2. The Kier molecular flexibility index (Phi) is 4.08. The number of nitrogens with zero attached hydrogens (tertiary/aromatic N) is 2. The number of carboxylic acids is 1. The predicted octanol–water partition coefficient (Wildman–Crippen LogP) is 3.06. The third-order valence-electron chi connectivity index (χ3n) is 5.27. The molecule has 2 atom stereocenters. The number of amides is 1. The number of anilines is 1. The number of carbonyl (C=O) groups excluding carboxylic acids is 1. The molecule has 0 spiro atoms. The molecular weight excluding hydrogens is 356 g/mol. The lowest BCUT2D eigenvalue weighted by molar-refractivity contribution is -0.140. The van der Waals surface area contributed by atoms with Crippen LogP contribution < -0.4 is 4.90 Å². The van der Waals surface area contributed by atoms with Crippen LogP contribution in [0.5, 0.6) is 0 Å². The smallest absolute Gasteiger partial charge is 0.323 e. The van der Waals surface area contributed by atoms with Gasteiger partial charge in [-0.25, -0.2) is 0 Å². The molecule has 1 saturated carbocycles. The van der Waals surface area contributed by atoms with Crippen LogP contribution >= 0.6 is 24.0 Å². The van der Waals surface area contributed by atoms with Gasteiger partial charge in [-0.3, -0.25) is 14.5 Å². The molecule has 1 aromatic carbocycles. The number of likely N-dealkylation sites (N-methyl/N-ethyl adjacent to an activating group) is 1.